The number of rotatable bonds is 3. The van der Waals surface area contributed by atoms with Crippen LogP contribution in [0.25, 0.3) is 0 Å². The van der Waals surface area contributed by atoms with Crippen LogP contribution >= 0.6 is 0 Å². The zero-order valence-electron chi connectivity index (χ0n) is 13.9. The van der Waals surface area contributed by atoms with Crippen LogP contribution in [0, 0.1) is 6.92 Å². The summed E-state index contributed by atoms with van der Waals surface area (Å²) in [5.74, 6) is 0.736. The molecule has 0 radical (unpaired) electrons. The minimum atomic E-state index is -0.453. The predicted octanol–water partition coefficient (Wildman–Crippen LogP) is 1.40. The number of nitrogens with one attached hydrogen (secondary N) is 1. The van der Waals surface area contributed by atoms with E-state index in [1.807, 2.05) is 13.8 Å². The fourth-order valence-corrected chi connectivity index (χ4v) is 2.64. The molecule has 1 N–H and O–H groups in total. The summed E-state index contributed by atoms with van der Waals surface area (Å²) in [7, 11) is 0. The SMILES string of the molecule is Cc1cc(C(=O)N2CCOCC2c2nnc(C(C)C)o2)cc(=O)[nH]1. The lowest BCUT2D eigenvalue weighted by atomic mass is 10.1. The highest BCUT2D eigenvalue weighted by molar-refractivity contribution is 5.94. The quantitative estimate of drug-likeness (QED) is 0.912. The van der Waals surface area contributed by atoms with Gasteiger partial charge in [0.15, 0.2) is 0 Å². The maximum atomic E-state index is 12.9. The van der Waals surface area contributed by atoms with Crippen molar-refractivity contribution < 1.29 is 13.9 Å². The number of hydrogen-bond donors (Lipinski definition) is 1. The van der Waals surface area contributed by atoms with E-state index in [0.29, 0.717) is 36.2 Å². The highest BCUT2D eigenvalue weighted by Crippen LogP contribution is 2.26. The fraction of sp³-hybridized carbons (Fsp3) is 0.500. The molecule has 24 heavy (non-hydrogen) atoms. The molecule has 3 heterocycles. The van der Waals surface area contributed by atoms with Crippen molar-refractivity contribution in [1.82, 2.24) is 20.1 Å². The molecule has 1 aliphatic heterocycles. The first-order valence-corrected chi connectivity index (χ1v) is 7.88. The van der Waals surface area contributed by atoms with Gasteiger partial charge < -0.3 is 19.0 Å². The number of morpholine rings is 1. The van der Waals surface area contributed by atoms with Gasteiger partial charge in [0.25, 0.3) is 5.91 Å². The molecule has 8 heteroatoms. The number of hydrogen-bond acceptors (Lipinski definition) is 6. The minimum Gasteiger partial charge on any atom is -0.423 e. The lowest BCUT2D eigenvalue weighted by molar-refractivity contribution is -0.0107. The highest BCUT2D eigenvalue weighted by Gasteiger charge is 2.33. The van der Waals surface area contributed by atoms with Gasteiger partial charge in [0.05, 0.1) is 13.2 Å². The Bertz CT molecular complexity index is 795. The Morgan fingerprint density at radius 1 is 1.38 bits per heavy atom. The van der Waals surface area contributed by atoms with E-state index < -0.39 is 6.04 Å². The van der Waals surface area contributed by atoms with Crippen LogP contribution < -0.4 is 5.56 Å². The Morgan fingerprint density at radius 2 is 2.17 bits per heavy atom. The van der Waals surface area contributed by atoms with E-state index in [4.69, 9.17) is 9.15 Å². The Balaban J connectivity index is 1.91. The smallest absolute Gasteiger partial charge is 0.254 e. The van der Waals surface area contributed by atoms with E-state index >= 15 is 0 Å². The zero-order valence-corrected chi connectivity index (χ0v) is 13.9. The van der Waals surface area contributed by atoms with Gasteiger partial charge in [-0.15, -0.1) is 10.2 Å². The average molecular weight is 332 g/mol. The van der Waals surface area contributed by atoms with Gasteiger partial charge in [0.1, 0.15) is 6.04 Å². The Kier molecular flexibility index (Phi) is 4.48. The third-order valence-corrected chi connectivity index (χ3v) is 3.85. The summed E-state index contributed by atoms with van der Waals surface area (Å²) < 4.78 is 11.2. The maximum absolute atomic E-state index is 12.9. The summed E-state index contributed by atoms with van der Waals surface area (Å²) in [5.41, 5.74) is 0.672. The molecule has 1 amide bonds. The first-order chi connectivity index (χ1) is 11.5. The normalized spacial score (nSPS) is 18.2. The summed E-state index contributed by atoms with van der Waals surface area (Å²) >= 11 is 0. The summed E-state index contributed by atoms with van der Waals surface area (Å²) in [5, 5.41) is 8.08. The van der Waals surface area contributed by atoms with E-state index in [1.54, 1.807) is 17.9 Å². The third-order valence-electron chi connectivity index (χ3n) is 3.85. The van der Waals surface area contributed by atoms with E-state index in [1.165, 1.54) is 6.07 Å². The third kappa shape index (κ3) is 3.23. The van der Waals surface area contributed by atoms with Gasteiger partial charge in [-0.2, -0.15) is 0 Å². The minimum absolute atomic E-state index is 0.107. The number of ether oxygens (including phenoxy) is 1. The van der Waals surface area contributed by atoms with Gasteiger partial charge in [0, 0.05) is 29.8 Å². The molecule has 1 aliphatic rings. The summed E-state index contributed by atoms with van der Waals surface area (Å²) in [4.78, 5) is 28.7. The van der Waals surface area contributed by atoms with Gasteiger partial charge in [0.2, 0.25) is 17.3 Å². The number of aryl methyl sites for hydroxylation is 1. The van der Waals surface area contributed by atoms with Crippen LogP contribution in [0.15, 0.2) is 21.3 Å². The largest absolute Gasteiger partial charge is 0.423 e. The van der Waals surface area contributed by atoms with Crippen molar-refractivity contribution in [2.75, 3.05) is 19.8 Å². The molecule has 1 saturated heterocycles. The molecule has 0 spiro atoms. The van der Waals surface area contributed by atoms with Crippen molar-refractivity contribution in [3.63, 3.8) is 0 Å². The van der Waals surface area contributed by atoms with Crippen molar-refractivity contribution in [2.45, 2.75) is 32.7 Å². The second-order valence-electron chi connectivity index (χ2n) is 6.14. The molecular weight excluding hydrogens is 312 g/mol. The van der Waals surface area contributed by atoms with Crippen LogP contribution in [0.4, 0.5) is 0 Å². The molecule has 2 aromatic rings. The predicted molar refractivity (Wildman–Crippen MR) is 84.8 cm³/mol. The second kappa shape index (κ2) is 6.56. The molecule has 0 aliphatic carbocycles. The van der Waals surface area contributed by atoms with Crippen LogP contribution in [-0.2, 0) is 4.74 Å². The second-order valence-corrected chi connectivity index (χ2v) is 6.14. The van der Waals surface area contributed by atoms with E-state index in [9.17, 15) is 9.59 Å². The van der Waals surface area contributed by atoms with Crippen molar-refractivity contribution >= 4 is 5.91 Å². The Hall–Kier alpha value is -2.48. The van der Waals surface area contributed by atoms with Gasteiger partial charge in [-0.1, -0.05) is 13.8 Å². The molecule has 1 atom stereocenters. The number of carbonyl (C=O) groups is 1. The number of carbonyl (C=O) groups excluding carboxylic acids is 1. The van der Waals surface area contributed by atoms with Crippen molar-refractivity contribution in [2.24, 2.45) is 0 Å². The number of aromatic nitrogens is 3. The maximum Gasteiger partial charge on any atom is 0.254 e. The molecule has 128 valence electrons. The van der Waals surface area contributed by atoms with E-state index in [-0.39, 0.29) is 24.0 Å². The van der Waals surface area contributed by atoms with Gasteiger partial charge in [-0.3, -0.25) is 9.59 Å². The summed E-state index contributed by atoms with van der Waals surface area (Å²) in [6, 6.07) is 2.50. The zero-order chi connectivity index (χ0) is 17.3. The molecule has 3 rings (SSSR count). The lowest BCUT2D eigenvalue weighted by Gasteiger charge is -2.33. The monoisotopic (exact) mass is 332 g/mol. The molecule has 0 bridgehead atoms. The number of H-pyrrole nitrogens is 1. The summed E-state index contributed by atoms with van der Waals surface area (Å²) in [6.07, 6.45) is 0. The van der Waals surface area contributed by atoms with Crippen molar-refractivity contribution in [3.8, 4) is 0 Å². The van der Waals surface area contributed by atoms with Gasteiger partial charge >= 0.3 is 0 Å². The van der Waals surface area contributed by atoms with E-state index in [2.05, 4.69) is 15.2 Å². The fourth-order valence-electron chi connectivity index (χ4n) is 2.64. The molecule has 2 aromatic heterocycles. The Morgan fingerprint density at radius 3 is 2.83 bits per heavy atom. The molecular formula is C16H20N4O4. The highest BCUT2D eigenvalue weighted by atomic mass is 16.5. The summed E-state index contributed by atoms with van der Waals surface area (Å²) in [6.45, 7) is 6.76. The number of amides is 1. The van der Waals surface area contributed by atoms with Crippen LogP contribution in [0.2, 0.25) is 0 Å². The van der Waals surface area contributed by atoms with Crippen molar-refractivity contribution in [3.05, 3.63) is 45.5 Å². The molecule has 0 aromatic carbocycles. The first kappa shape index (κ1) is 16.4. The first-order valence-electron chi connectivity index (χ1n) is 7.88. The van der Waals surface area contributed by atoms with Crippen LogP contribution in [0.3, 0.4) is 0 Å². The molecule has 1 unspecified atom stereocenters. The molecule has 1 fully saturated rings. The molecule has 8 nitrogen and oxygen atoms in total. The Labute approximate surface area is 138 Å². The lowest BCUT2D eigenvalue weighted by Crippen LogP contribution is -2.43. The van der Waals surface area contributed by atoms with E-state index in [0.717, 1.165) is 0 Å². The number of pyridine rings is 1. The van der Waals surface area contributed by atoms with Crippen molar-refractivity contribution in [1.29, 1.82) is 0 Å². The van der Waals surface area contributed by atoms with Gasteiger partial charge in [-0.25, -0.2) is 0 Å². The average Bonchev–Trinajstić information content (AvgIpc) is 3.03. The van der Waals surface area contributed by atoms with Crippen LogP contribution in [-0.4, -0.2) is 45.7 Å². The van der Waals surface area contributed by atoms with Crippen LogP contribution in [0.5, 0.6) is 0 Å². The topological polar surface area (TPSA) is 101 Å². The molecule has 0 saturated carbocycles. The van der Waals surface area contributed by atoms with Gasteiger partial charge in [-0.05, 0) is 13.0 Å². The van der Waals surface area contributed by atoms with Crippen LogP contribution in [0.1, 0.15) is 53.6 Å². The number of nitrogens with zero attached hydrogens (tertiary/aromatic N) is 3. The standard InChI is InChI=1S/C16H20N4O4/c1-9(2)14-18-19-15(24-14)12-8-23-5-4-20(12)16(22)11-6-10(3)17-13(21)7-11/h6-7,9,12H,4-5,8H2,1-3H3,(H,17,21). The number of aromatic amines is 1.